The van der Waals surface area contributed by atoms with Crippen LogP contribution < -0.4 is 10.6 Å². The Morgan fingerprint density at radius 1 is 0.871 bits per heavy atom. The first-order valence-corrected chi connectivity index (χ1v) is 10.9. The lowest BCUT2D eigenvalue weighted by atomic mass is 10.0. The van der Waals surface area contributed by atoms with Crippen molar-refractivity contribution in [3.63, 3.8) is 0 Å². The number of benzene rings is 3. The first-order valence-electron chi connectivity index (χ1n) is 10.9. The fourth-order valence-electron chi connectivity index (χ4n) is 3.80. The van der Waals surface area contributed by atoms with Crippen molar-refractivity contribution >= 4 is 16.8 Å². The lowest BCUT2D eigenvalue weighted by Crippen LogP contribution is -2.31. The van der Waals surface area contributed by atoms with E-state index in [-0.39, 0.29) is 5.91 Å². The van der Waals surface area contributed by atoms with Gasteiger partial charge in [0.05, 0.1) is 5.52 Å². The van der Waals surface area contributed by atoms with E-state index in [0.717, 1.165) is 12.2 Å². The van der Waals surface area contributed by atoms with Crippen LogP contribution >= 0.6 is 0 Å². The van der Waals surface area contributed by atoms with Crippen molar-refractivity contribution in [3.05, 3.63) is 102 Å². The van der Waals surface area contributed by atoms with E-state index in [0.29, 0.717) is 24.6 Å². The van der Waals surface area contributed by atoms with Crippen molar-refractivity contribution < 1.29 is 4.79 Å². The molecule has 0 saturated carbocycles. The van der Waals surface area contributed by atoms with Crippen molar-refractivity contribution in [1.82, 2.24) is 15.2 Å². The van der Waals surface area contributed by atoms with Crippen molar-refractivity contribution in [2.75, 3.05) is 13.1 Å². The van der Waals surface area contributed by atoms with Gasteiger partial charge in [-0.15, -0.1) is 0 Å². The third kappa shape index (κ3) is 4.86. The number of carbonyl (C=O) groups is 1. The summed E-state index contributed by atoms with van der Waals surface area (Å²) < 4.78 is 2.23. The number of hydrogen-bond acceptors (Lipinski definition) is 2. The number of carbonyl (C=O) groups excluding carboxylic acids is 1. The Kier molecular flexibility index (Phi) is 6.48. The van der Waals surface area contributed by atoms with Gasteiger partial charge in [0.1, 0.15) is 0 Å². The van der Waals surface area contributed by atoms with Gasteiger partial charge in [0.25, 0.3) is 5.91 Å². The molecule has 0 saturated heterocycles. The molecular formula is C27H29N3O. The minimum absolute atomic E-state index is 0.0298. The molecule has 31 heavy (non-hydrogen) atoms. The summed E-state index contributed by atoms with van der Waals surface area (Å²) in [6.45, 7) is 6.35. The fraction of sp³-hybridized carbons (Fsp3) is 0.222. The Hall–Kier alpha value is -3.37. The Labute approximate surface area is 183 Å². The van der Waals surface area contributed by atoms with Crippen LogP contribution in [0.25, 0.3) is 16.6 Å². The quantitative estimate of drug-likeness (QED) is 0.388. The van der Waals surface area contributed by atoms with Gasteiger partial charge in [-0.2, -0.15) is 0 Å². The maximum atomic E-state index is 12.4. The number of aromatic nitrogens is 1. The zero-order valence-corrected chi connectivity index (χ0v) is 18.1. The number of hydrogen-bond donors (Lipinski definition) is 2. The van der Waals surface area contributed by atoms with Crippen molar-refractivity contribution in [1.29, 1.82) is 0 Å². The second kappa shape index (κ2) is 9.63. The largest absolute Gasteiger partial charge is 0.351 e. The summed E-state index contributed by atoms with van der Waals surface area (Å²) in [7, 11) is 0. The first kappa shape index (κ1) is 20.9. The standard InChI is InChI=1S/C27H29N3O/c1-20(2)21-12-14-22(15-13-21)27(31)29-17-16-28-18-23-19-30(24-8-4-3-5-9-24)26-11-7-6-10-25(23)26/h3-15,19-20,28H,16-18H2,1-2H3,(H,29,31). The normalized spacial score (nSPS) is 11.2. The second-order valence-electron chi connectivity index (χ2n) is 8.09. The molecule has 0 spiro atoms. The average Bonchev–Trinajstić information content (AvgIpc) is 3.18. The highest BCUT2D eigenvalue weighted by molar-refractivity contribution is 5.94. The molecule has 3 aromatic carbocycles. The van der Waals surface area contributed by atoms with Crippen LogP contribution in [0.15, 0.2) is 85.1 Å². The minimum Gasteiger partial charge on any atom is -0.351 e. The zero-order valence-electron chi connectivity index (χ0n) is 18.1. The fourth-order valence-corrected chi connectivity index (χ4v) is 3.80. The molecule has 4 nitrogen and oxygen atoms in total. The molecule has 0 atom stereocenters. The van der Waals surface area contributed by atoms with Crippen molar-refractivity contribution in [3.8, 4) is 5.69 Å². The van der Waals surface area contributed by atoms with Gasteiger partial charge < -0.3 is 15.2 Å². The summed E-state index contributed by atoms with van der Waals surface area (Å²) in [6.07, 6.45) is 2.20. The molecular weight excluding hydrogens is 382 g/mol. The average molecular weight is 412 g/mol. The number of nitrogens with one attached hydrogen (secondary N) is 2. The molecule has 0 aliphatic carbocycles. The number of fused-ring (bicyclic) bond motifs is 1. The third-order valence-corrected chi connectivity index (χ3v) is 5.57. The molecule has 4 rings (SSSR count). The van der Waals surface area contributed by atoms with E-state index in [9.17, 15) is 4.79 Å². The minimum atomic E-state index is -0.0298. The predicted octanol–water partition coefficient (Wildman–Crippen LogP) is 5.27. The molecule has 0 unspecified atom stereocenters. The van der Waals surface area contributed by atoms with Crippen molar-refractivity contribution in [2.24, 2.45) is 0 Å². The van der Waals surface area contributed by atoms with Gasteiger partial charge in [-0.05, 0) is 47.4 Å². The van der Waals surface area contributed by atoms with Gasteiger partial charge in [0.2, 0.25) is 0 Å². The molecule has 0 radical (unpaired) electrons. The summed E-state index contributed by atoms with van der Waals surface area (Å²) >= 11 is 0. The lowest BCUT2D eigenvalue weighted by Gasteiger charge is -2.09. The maximum absolute atomic E-state index is 12.4. The van der Waals surface area contributed by atoms with E-state index >= 15 is 0 Å². The molecule has 1 aromatic heterocycles. The second-order valence-corrected chi connectivity index (χ2v) is 8.09. The molecule has 0 aliphatic rings. The van der Waals surface area contributed by atoms with E-state index in [1.807, 2.05) is 30.3 Å². The number of rotatable bonds is 8. The van der Waals surface area contributed by atoms with Crippen LogP contribution in [0.2, 0.25) is 0 Å². The molecule has 0 fully saturated rings. The van der Waals surface area contributed by atoms with E-state index in [4.69, 9.17) is 0 Å². The van der Waals surface area contributed by atoms with Crippen LogP contribution in [-0.4, -0.2) is 23.6 Å². The lowest BCUT2D eigenvalue weighted by molar-refractivity contribution is 0.0954. The smallest absolute Gasteiger partial charge is 0.251 e. The molecule has 2 N–H and O–H groups in total. The van der Waals surface area contributed by atoms with Gasteiger partial charge in [-0.1, -0.05) is 62.4 Å². The van der Waals surface area contributed by atoms with Crippen LogP contribution in [0.1, 0.15) is 41.3 Å². The third-order valence-electron chi connectivity index (χ3n) is 5.57. The maximum Gasteiger partial charge on any atom is 0.251 e. The van der Waals surface area contributed by atoms with Gasteiger partial charge in [0.15, 0.2) is 0 Å². The summed E-state index contributed by atoms with van der Waals surface area (Å²) in [4.78, 5) is 12.4. The highest BCUT2D eigenvalue weighted by Crippen LogP contribution is 2.24. The van der Waals surface area contributed by atoms with E-state index in [1.165, 1.54) is 22.0 Å². The molecule has 1 amide bonds. The monoisotopic (exact) mass is 411 g/mol. The predicted molar refractivity (Wildman–Crippen MR) is 128 cm³/mol. The van der Waals surface area contributed by atoms with Gasteiger partial charge >= 0.3 is 0 Å². The number of nitrogens with zero attached hydrogens (tertiary/aromatic N) is 1. The molecule has 158 valence electrons. The summed E-state index contributed by atoms with van der Waals surface area (Å²) in [5.41, 5.74) is 5.54. The summed E-state index contributed by atoms with van der Waals surface area (Å²) in [6, 6.07) is 26.7. The summed E-state index contributed by atoms with van der Waals surface area (Å²) in [5.74, 6) is 0.437. The SMILES string of the molecule is CC(C)c1ccc(C(=O)NCCNCc2cn(-c3ccccc3)c3ccccc23)cc1. The zero-order chi connectivity index (χ0) is 21.6. The molecule has 4 aromatic rings. The van der Waals surface area contributed by atoms with Crippen LogP contribution in [-0.2, 0) is 6.54 Å². The van der Waals surface area contributed by atoms with Crippen LogP contribution in [0.3, 0.4) is 0 Å². The molecule has 0 aliphatic heterocycles. The number of para-hydroxylation sites is 2. The van der Waals surface area contributed by atoms with Crippen LogP contribution in [0.5, 0.6) is 0 Å². The Bertz CT molecular complexity index is 1140. The highest BCUT2D eigenvalue weighted by atomic mass is 16.1. The van der Waals surface area contributed by atoms with Gasteiger partial charge in [-0.3, -0.25) is 4.79 Å². The Morgan fingerprint density at radius 2 is 1.58 bits per heavy atom. The highest BCUT2D eigenvalue weighted by Gasteiger charge is 2.09. The first-order chi connectivity index (χ1) is 15.1. The Morgan fingerprint density at radius 3 is 2.32 bits per heavy atom. The number of amides is 1. The topological polar surface area (TPSA) is 46.1 Å². The molecule has 4 heteroatoms. The van der Waals surface area contributed by atoms with E-state index in [2.05, 4.69) is 83.8 Å². The van der Waals surface area contributed by atoms with Crippen LogP contribution in [0.4, 0.5) is 0 Å². The van der Waals surface area contributed by atoms with Crippen molar-refractivity contribution in [2.45, 2.75) is 26.3 Å². The summed E-state index contributed by atoms with van der Waals surface area (Å²) in [5, 5.41) is 7.70. The molecule has 0 bridgehead atoms. The van der Waals surface area contributed by atoms with Crippen LogP contribution in [0, 0.1) is 0 Å². The van der Waals surface area contributed by atoms with Gasteiger partial charge in [0, 0.05) is 42.5 Å². The van der Waals surface area contributed by atoms with Gasteiger partial charge in [-0.25, -0.2) is 0 Å². The van der Waals surface area contributed by atoms with E-state index < -0.39 is 0 Å². The Balaban J connectivity index is 1.33. The van der Waals surface area contributed by atoms with E-state index in [1.54, 1.807) is 0 Å². The molecule has 1 heterocycles.